The monoisotopic (exact) mass is 334 g/mol. The van der Waals surface area contributed by atoms with Crippen LogP contribution in [0, 0.1) is 0 Å². The van der Waals surface area contributed by atoms with Crippen molar-refractivity contribution < 1.29 is 15.0 Å². The average molecular weight is 334 g/mol. The second-order valence-corrected chi connectivity index (χ2v) is 7.71. The van der Waals surface area contributed by atoms with Crippen LogP contribution in [0.5, 0.6) is 0 Å². The third-order valence-electron chi connectivity index (χ3n) is 4.58. The molecule has 0 bridgehead atoms. The molecule has 24 heavy (non-hydrogen) atoms. The van der Waals surface area contributed by atoms with Crippen molar-refractivity contribution in [3.63, 3.8) is 0 Å². The summed E-state index contributed by atoms with van der Waals surface area (Å²) in [5.41, 5.74) is 0.908. The second kappa shape index (κ2) is 7.64. The van der Waals surface area contributed by atoms with Crippen LogP contribution in [0.3, 0.4) is 0 Å². The Kier molecular flexibility index (Phi) is 6.01. The van der Waals surface area contributed by atoms with Crippen LogP contribution < -0.4 is 5.32 Å². The zero-order chi connectivity index (χ0) is 17.9. The lowest BCUT2D eigenvalue weighted by Gasteiger charge is -2.20. The van der Waals surface area contributed by atoms with E-state index in [1.54, 1.807) is 19.9 Å². The topological polar surface area (TPSA) is 72.8 Å². The predicted octanol–water partition coefficient (Wildman–Crippen LogP) is 1.57. The van der Waals surface area contributed by atoms with Gasteiger partial charge in [0, 0.05) is 24.7 Å². The van der Waals surface area contributed by atoms with Crippen LogP contribution in [-0.4, -0.2) is 57.9 Å². The summed E-state index contributed by atoms with van der Waals surface area (Å²) in [5.74, 6) is -0.158. The molecule has 0 aromatic heterocycles. The van der Waals surface area contributed by atoms with E-state index in [-0.39, 0.29) is 11.9 Å². The maximum absolute atomic E-state index is 12.5. The minimum atomic E-state index is -0.716. The molecule has 0 spiro atoms. The molecule has 1 heterocycles. The number of nitrogens with zero attached hydrogens (tertiary/aromatic N) is 1. The lowest BCUT2D eigenvalue weighted by molar-refractivity contribution is 0.0714. The van der Waals surface area contributed by atoms with Gasteiger partial charge in [-0.25, -0.2) is 0 Å². The average Bonchev–Trinajstić information content (AvgIpc) is 2.86. The molecule has 5 nitrogen and oxygen atoms in total. The Hall–Kier alpha value is -1.43. The highest BCUT2D eigenvalue weighted by atomic mass is 16.3. The van der Waals surface area contributed by atoms with Gasteiger partial charge in [-0.05, 0) is 58.2 Å². The third kappa shape index (κ3) is 5.30. The number of carbonyl (C=O) groups is 1. The standard InChI is InChI=1S/C19H30N2O3/c1-13(2)21-11-16(17(22)12-21)20-18(23)15-7-5-6-14(10-15)8-9-19(3,4)24/h5-7,10,13,16-17,22,24H,8-9,11-12H2,1-4H3,(H,20,23)/t16-,17-/m1/s1. The molecule has 1 aliphatic heterocycles. The Balaban J connectivity index is 1.97. The number of hydrogen-bond donors (Lipinski definition) is 3. The highest BCUT2D eigenvalue weighted by Crippen LogP contribution is 2.16. The van der Waals surface area contributed by atoms with Crippen LogP contribution in [0.4, 0.5) is 0 Å². The molecule has 1 saturated heterocycles. The first-order valence-electron chi connectivity index (χ1n) is 8.70. The molecule has 3 N–H and O–H groups in total. The molecule has 1 aliphatic rings. The van der Waals surface area contributed by atoms with Gasteiger partial charge in [0.15, 0.2) is 0 Å². The number of benzene rings is 1. The Bertz CT molecular complexity index is 566. The molecule has 1 aromatic carbocycles. The van der Waals surface area contributed by atoms with Crippen LogP contribution in [0.2, 0.25) is 0 Å². The summed E-state index contributed by atoms with van der Waals surface area (Å²) >= 11 is 0. The van der Waals surface area contributed by atoms with Crippen LogP contribution in [0.15, 0.2) is 24.3 Å². The number of β-amino-alcohol motifs (C(OH)–C–C–N with tert-alkyl or cyclic N) is 1. The van der Waals surface area contributed by atoms with Gasteiger partial charge < -0.3 is 15.5 Å². The minimum Gasteiger partial charge on any atom is -0.390 e. The van der Waals surface area contributed by atoms with Gasteiger partial charge in [-0.2, -0.15) is 0 Å². The molecule has 1 fully saturated rings. The summed E-state index contributed by atoms with van der Waals surface area (Å²) in [5, 5.41) is 22.9. The Morgan fingerprint density at radius 2 is 2.08 bits per heavy atom. The Morgan fingerprint density at radius 3 is 2.67 bits per heavy atom. The highest BCUT2D eigenvalue weighted by Gasteiger charge is 2.33. The molecular weight excluding hydrogens is 304 g/mol. The number of amides is 1. The number of rotatable bonds is 6. The quantitative estimate of drug-likeness (QED) is 0.738. The van der Waals surface area contributed by atoms with Gasteiger partial charge in [-0.1, -0.05) is 12.1 Å². The fraction of sp³-hybridized carbons (Fsp3) is 0.632. The summed E-state index contributed by atoms with van der Waals surface area (Å²) in [6.07, 6.45) is 0.829. The van der Waals surface area contributed by atoms with E-state index in [4.69, 9.17) is 0 Å². The van der Waals surface area contributed by atoms with Crippen molar-refractivity contribution in [2.45, 2.75) is 64.3 Å². The molecule has 0 aliphatic carbocycles. The van der Waals surface area contributed by atoms with Crippen molar-refractivity contribution in [1.29, 1.82) is 0 Å². The van der Waals surface area contributed by atoms with E-state index in [1.165, 1.54) is 0 Å². The van der Waals surface area contributed by atoms with Gasteiger partial charge in [0.2, 0.25) is 0 Å². The fourth-order valence-corrected chi connectivity index (χ4v) is 2.95. The lowest BCUT2D eigenvalue weighted by Crippen LogP contribution is -2.43. The molecule has 0 radical (unpaired) electrons. The van der Waals surface area contributed by atoms with Crippen LogP contribution >= 0.6 is 0 Å². The first kappa shape index (κ1) is 18.9. The van der Waals surface area contributed by atoms with Crippen LogP contribution in [0.25, 0.3) is 0 Å². The Labute approximate surface area is 144 Å². The van der Waals surface area contributed by atoms with Crippen LogP contribution in [-0.2, 0) is 6.42 Å². The molecule has 0 unspecified atom stereocenters. The number of aliphatic hydroxyl groups excluding tert-OH is 1. The zero-order valence-corrected chi connectivity index (χ0v) is 15.1. The Morgan fingerprint density at radius 1 is 1.38 bits per heavy atom. The number of aliphatic hydroxyl groups is 2. The zero-order valence-electron chi connectivity index (χ0n) is 15.1. The van der Waals surface area contributed by atoms with E-state index in [0.29, 0.717) is 31.1 Å². The molecule has 1 aromatic rings. The lowest BCUT2D eigenvalue weighted by atomic mass is 9.98. The van der Waals surface area contributed by atoms with E-state index >= 15 is 0 Å². The van der Waals surface area contributed by atoms with Crippen molar-refractivity contribution >= 4 is 5.91 Å². The number of carbonyl (C=O) groups excluding carboxylic acids is 1. The second-order valence-electron chi connectivity index (χ2n) is 7.71. The van der Waals surface area contributed by atoms with E-state index < -0.39 is 11.7 Å². The number of aryl methyl sites for hydroxylation is 1. The van der Waals surface area contributed by atoms with Gasteiger partial charge in [0.1, 0.15) is 0 Å². The maximum atomic E-state index is 12.5. The van der Waals surface area contributed by atoms with Crippen molar-refractivity contribution in [2.75, 3.05) is 13.1 Å². The maximum Gasteiger partial charge on any atom is 0.251 e. The minimum absolute atomic E-state index is 0.158. The van der Waals surface area contributed by atoms with Crippen molar-refractivity contribution in [1.82, 2.24) is 10.2 Å². The molecule has 1 amide bonds. The SMILES string of the molecule is CC(C)N1C[C@@H](O)[C@H](NC(=O)c2cccc(CCC(C)(C)O)c2)C1. The summed E-state index contributed by atoms with van der Waals surface area (Å²) in [6, 6.07) is 7.59. The highest BCUT2D eigenvalue weighted by molar-refractivity contribution is 5.94. The van der Waals surface area contributed by atoms with E-state index in [9.17, 15) is 15.0 Å². The van der Waals surface area contributed by atoms with Crippen LogP contribution in [0.1, 0.15) is 50.0 Å². The summed E-state index contributed by atoms with van der Waals surface area (Å²) in [7, 11) is 0. The molecule has 0 saturated carbocycles. The molecule has 5 heteroatoms. The van der Waals surface area contributed by atoms with Gasteiger partial charge in [-0.3, -0.25) is 9.69 Å². The fourth-order valence-electron chi connectivity index (χ4n) is 2.95. The number of likely N-dealkylation sites (tertiary alicyclic amines) is 1. The van der Waals surface area contributed by atoms with Crippen molar-refractivity contribution in [3.05, 3.63) is 35.4 Å². The smallest absolute Gasteiger partial charge is 0.251 e. The third-order valence-corrected chi connectivity index (χ3v) is 4.58. The summed E-state index contributed by atoms with van der Waals surface area (Å²) < 4.78 is 0. The van der Waals surface area contributed by atoms with Gasteiger partial charge in [0.25, 0.3) is 5.91 Å². The predicted molar refractivity (Wildman–Crippen MR) is 95.0 cm³/mol. The van der Waals surface area contributed by atoms with E-state index in [2.05, 4.69) is 24.1 Å². The summed E-state index contributed by atoms with van der Waals surface area (Å²) in [4.78, 5) is 14.6. The normalized spacial score (nSPS) is 22.1. The van der Waals surface area contributed by atoms with Gasteiger partial charge in [0.05, 0.1) is 17.7 Å². The number of nitrogens with one attached hydrogen (secondary N) is 1. The molecule has 2 atom stereocenters. The molecular formula is C19H30N2O3. The number of hydrogen-bond acceptors (Lipinski definition) is 4. The van der Waals surface area contributed by atoms with Crippen molar-refractivity contribution in [3.8, 4) is 0 Å². The van der Waals surface area contributed by atoms with Gasteiger partial charge >= 0.3 is 0 Å². The first-order valence-corrected chi connectivity index (χ1v) is 8.70. The first-order chi connectivity index (χ1) is 11.2. The van der Waals surface area contributed by atoms with Gasteiger partial charge in [-0.15, -0.1) is 0 Å². The van der Waals surface area contributed by atoms with E-state index in [1.807, 2.05) is 18.2 Å². The van der Waals surface area contributed by atoms with Crippen molar-refractivity contribution in [2.24, 2.45) is 0 Å². The summed E-state index contributed by atoms with van der Waals surface area (Å²) in [6.45, 7) is 9.00. The molecule has 2 rings (SSSR count). The largest absolute Gasteiger partial charge is 0.390 e. The molecule has 134 valence electrons. The van der Waals surface area contributed by atoms with E-state index in [0.717, 1.165) is 12.0 Å².